The molecule has 7 nitrogen and oxygen atoms in total. The molecule has 1 N–H and O–H groups in total. The molecule has 0 spiro atoms. The van der Waals surface area contributed by atoms with Gasteiger partial charge in [-0.15, -0.1) is 0 Å². The molecule has 2 aromatic carbocycles. The van der Waals surface area contributed by atoms with Gasteiger partial charge < -0.3 is 14.8 Å². The zero-order valence-electron chi connectivity index (χ0n) is 14.9. The van der Waals surface area contributed by atoms with Crippen molar-refractivity contribution in [2.75, 3.05) is 18.6 Å². The van der Waals surface area contributed by atoms with Gasteiger partial charge in [0.1, 0.15) is 11.4 Å². The number of ether oxygens (including phenoxy) is 2. The van der Waals surface area contributed by atoms with Crippen LogP contribution < -0.4 is 15.0 Å². The molecule has 0 aromatic heterocycles. The Hall–Kier alpha value is -1.86. The fourth-order valence-corrected chi connectivity index (χ4v) is 4.77. The maximum absolute atomic E-state index is 12.7. The highest BCUT2D eigenvalue weighted by atomic mass is 127. The van der Waals surface area contributed by atoms with Gasteiger partial charge in [-0.3, -0.25) is 4.79 Å². The summed E-state index contributed by atoms with van der Waals surface area (Å²) in [6.07, 6.45) is 1.59. The maximum atomic E-state index is 12.7. The first-order valence-electron chi connectivity index (χ1n) is 8.11. The van der Waals surface area contributed by atoms with Crippen LogP contribution in [-0.2, 0) is 14.3 Å². The number of hydrogen-bond acceptors (Lipinski definition) is 5. The second-order valence-corrected chi connectivity index (χ2v) is 8.54. The van der Waals surface area contributed by atoms with Crippen molar-refractivity contribution in [3.05, 3.63) is 59.8 Å². The fourth-order valence-electron chi connectivity index (χ4n) is 2.52. The summed E-state index contributed by atoms with van der Waals surface area (Å²) in [7, 11) is 1.29. The molecule has 0 saturated carbocycles. The van der Waals surface area contributed by atoms with E-state index in [1.165, 1.54) is 7.11 Å². The topological polar surface area (TPSA) is 84.9 Å². The summed E-state index contributed by atoms with van der Waals surface area (Å²) in [6.45, 7) is -0.201. The average molecular weight is 639 g/mol. The third-order valence-corrected chi connectivity index (χ3v) is 5.71. The lowest BCUT2D eigenvalue weighted by Crippen LogP contribution is -2.30. The molecule has 1 aliphatic heterocycles. The summed E-state index contributed by atoms with van der Waals surface area (Å²) >= 11 is 10.0. The van der Waals surface area contributed by atoms with Gasteiger partial charge >= 0.3 is 12.0 Å². The van der Waals surface area contributed by atoms with Crippen molar-refractivity contribution >= 4 is 86.5 Å². The Morgan fingerprint density at radius 2 is 1.79 bits per heavy atom. The molecule has 1 aliphatic rings. The van der Waals surface area contributed by atoms with Gasteiger partial charge in [-0.25, -0.2) is 14.5 Å². The number of carbonyl (C=O) groups excluding carboxylic acids is 3. The molecule has 2 aromatic rings. The van der Waals surface area contributed by atoms with Gasteiger partial charge in [0, 0.05) is 5.02 Å². The number of methoxy groups -OCH3 is 1. The molecule has 0 unspecified atom stereocenters. The van der Waals surface area contributed by atoms with Crippen LogP contribution in [0.15, 0.2) is 42.1 Å². The highest BCUT2D eigenvalue weighted by Gasteiger charge is 2.34. The zero-order chi connectivity index (χ0) is 21.1. The number of halogens is 3. The lowest BCUT2D eigenvalue weighted by Gasteiger charge is -2.11. The predicted octanol–water partition coefficient (Wildman–Crippen LogP) is 4.20. The van der Waals surface area contributed by atoms with E-state index in [9.17, 15) is 14.4 Å². The van der Waals surface area contributed by atoms with Crippen molar-refractivity contribution in [2.45, 2.75) is 0 Å². The number of urea groups is 1. The largest absolute Gasteiger partial charge is 0.480 e. The Morgan fingerprint density at radius 1 is 1.17 bits per heavy atom. The summed E-state index contributed by atoms with van der Waals surface area (Å²) in [5.41, 5.74) is 1.28. The Bertz CT molecular complexity index is 1000. The second kappa shape index (κ2) is 9.30. The van der Waals surface area contributed by atoms with E-state index < -0.39 is 17.9 Å². The zero-order valence-corrected chi connectivity index (χ0v) is 19.9. The van der Waals surface area contributed by atoms with Crippen LogP contribution in [0, 0.1) is 7.14 Å². The highest BCUT2D eigenvalue weighted by Crippen LogP contribution is 2.30. The quantitative estimate of drug-likeness (QED) is 0.230. The fraction of sp³-hybridized carbons (Fsp3) is 0.105. The number of esters is 1. The minimum Gasteiger partial charge on any atom is -0.480 e. The molecule has 0 aliphatic carbocycles. The minimum atomic E-state index is -0.536. The summed E-state index contributed by atoms with van der Waals surface area (Å²) in [5.74, 6) is -0.402. The van der Waals surface area contributed by atoms with E-state index in [0.29, 0.717) is 22.0 Å². The van der Waals surface area contributed by atoms with Crippen LogP contribution in [0.4, 0.5) is 10.5 Å². The Morgan fingerprint density at radius 3 is 2.38 bits per heavy atom. The van der Waals surface area contributed by atoms with Crippen LogP contribution in [0.3, 0.4) is 0 Å². The van der Waals surface area contributed by atoms with Gasteiger partial charge in [0.2, 0.25) is 0 Å². The summed E-state index contributed by atoms with van der Waals surface area (Å²) < 4.78 is 11.6. The molecule has 150 valence electrons. The van der Waals surface area contributed by atoms with Crippen LogP contribution in [0.25, 0.3) is 6.08 Å². The van der Waals surface area contributed by atoms with Crippen molar-refractivity contribution in [1.82, 2.24) is 5.32 Å². The summed E-state index contributed by atoms with van der Waals surface area (Å²) in [5, 5.41) is 3.09. The van der Waals surface area contributed by atoms with Gasteiger partial charge in [-0.2, -0.15) is 0 Å². The van der Waals surface area contributed by atoms with Gasteiger partial charge in [-0.1, -0.05) is 11.6 Å². The molecule has 10 heteroatoms. The van der Waals surface area contributed by atoms with Crippen LogP contribution in [0.1, 0.15) is 5.56 Å². The molecule has 0 atom stereocenters. The lowest BCUT2D eigenvalue weighted by molar-refractivity contribution is -0.142. The molecule has 1 heterocycles. The number of nitrogens with one attached hydrogen (secondary N) is 1. The van der Waals surface area contributed by atoms with Crippen LogP contribution in [-0.4, -0.2) is 31.6 Å². The second-order valence-electron chi connectivity index (χ2n) is 5.78. The van der Waals surface area contributed by atoms with Crippen molar-refractivity contribution in [3.8, 4) is 5.75 Å². The minimum absolute atomic E-state index is 0.153. The average Bonchev–Trinajstić information content (AvgIpc) is 2.95. The number of nitrogens with zero attached hydrogens (tertiary/aromatic N) is 1. The first-order chi connectivity index (χ1) is 13.8. The predicted molar refractivity (Wildman–Crippen MR) is 125 cm³/mol. The Labute approximate surface area is 198 Å². The van der Waals surface area contributed by atoms with Gasteiger partial charge in [0.05, 0.1) is 19.9 Å². The molecule has 0 radical (unpaired) electrons. The molecule has 29 heavy (non-hydrogen) atoms. The summed E-state index contributed by atoms with van der Waals surface area (Å²) in [6, 6.07) is 9.45. The van der Waals surface area contributed by atoms with Crippen LogP contribution in [0.2, 0.25) is 5.02 Å². The molecule has 3 amide bonds. The van der Waals surface area contributed by atoms with E-state index in [4.69, 9.17) is 16.3 Å². The van der Waals surface area contributed by atoms with Gasteiger partial charge in [0.15, 0.2) is 6.61 Å². The normalized spacial score (nSPS) is 14.9. The lowest BCUT2D eigenvalue weighted by atomic mass is 10.2. The van der Waals surface area contributed by atoms with E-state index in [0.717, 1.165) is 12.0 Å². The molecule has 1 saturated heterocycles. The number of imide groups is 1. The number of hydrogen-bond donors (Lipinski definition) is 1. The van der Waals surface area contributed by atoms with Crippen LogP contribution in [0.5, 0.6) is 5.75 Å². The summed E-state index contributed by atoms with van der Waals surface area (Å²) in [4.78, 5) is 37.3. The van der Waals surface area contributed by atoms with E-state index in [-0.39, 0.29) is 12.3 Å². The number of benzene rings is 2. The third kappa shape index (κ3) is 5.01. The van der Waals surface area contributed by atoms with Crippen molar-refractivity contribution < 1.29 is 23.9 Å². The van der Waals surface area contributed by atoms with E-state index >= 15 is 0 Å². The molecular formula is C19H13ClI2N2O5. The first-order valence-corrected chi connectivity index (χ1v) is 10.6. The first kappa shape index (κ1) is 21.8. The number of amides is 3. The van der Waals surface area contributed by atoms with Crippen molar-refractivity contribution in [3.63, 3.8) is 0 Å². The third-order valence-electron chi connectivity index (χ3n) is 3.86. The van der Waals surface area contributed by atoms with Gasteiger partial charge in [-0.05, 0) is 93.2 Å². The van der Waals surface area contributed by atoms with Crippen LogP contribution >= 0.6 is 56.8 Å². The molecule has 3 rings (SSSR count). The maximum Gasteiger partial charge on any atom is 0.343 e. The molecular weight excluding hydrogens is 625 g/mol. The Kier molecular flexibility index (Phi) is 7.01. The standard InChI is InChI=1S/C19H13ClI2N2O5/c1-28-16(25)9-29-17-13(21)6-10(7-14(17)22)8-15-18(26)24(19(27)23-15)12-4-2-11(20)3-5-12/h2-8H,9H2,1H3,(H,23,27)/b15-8+. The van der Waals surface area contributed by atoms with E-state index in [1.54, 1.807) is 42.5 Å². The number of carbonyl (C=O) groups is 3. The number of anilines is 1. The SMILES string of the molecule is COC(=O)COc1c(I)cc(/C=C2/NC(=O)N(c3ccc(Cl)cc3)C2=O)cc1I. The monoisotopic (exact) mass is 638 g/mol. The molecule has 0 bridgehead atoms. The van der Waals surface area contributed by atoms with Gasteiger partial charge in [0.25, 0.3) is 5.91 Å². The van der Waals surface area contributed by atoms with E-state index in [1.807, 2.05) is 0 Å². The Balaban J connectivity index is 1.84. The number of rotatable bonds is 5. The highest BCUT2D eigenvalue weighted by molar-refractivity contribution is 14.1. The van der Waals surface area contributed by atoms with E-state index in [2.05, 4.69) is 55.2 Å². The molecule has 1 fully saturated rings. The van der Waals surface area contributed by atoms with Crippen molar-refractivity contribution in [2.24, 2.45) is 0 Å². The smallest absolute Gasteiger partial charge is 0.343 e. The van der Waals surface area contributed by atoms with Crippen molar-refractivity contribution in [1.29, 1.82) is 0 Å².